The minimum absolute atomic E-state index is 0.123. The van der Waals surface area contributed by atoms with Gasteiger partial charge >= 0.3 is 0 Å². The van der Waals surface area contributed by atoms with Crippen molar-refractivity contribution in [2.75, 3.05) is 7.05 Å². The summed E-state index contributed by atoms with van der Waals surface area (Å²) in [6.45, 7) is 1.88. The molecule has 0 radical (unpaired) electrons. The first-order valence-corrected chi connectivity index (χ1v) is 10.8. The van der Waals surface area contributed by atoms with Gasteiger partial charge in [0, 0.05) is 23.2 Å². The Morgan fingerprint density at radius 1 is 1.24 bits per heavy atom. The van der Waals surface area contributed by atoms with E-state index in [9.17, 15) is 9.59 Å². The molecule has 1 aromatic carbocycles. The van der Waals surface area contributed by atoms with E-state index in [1.54, 1.807) is 38.2 Å². The molecule has 0 spiro atoms. The van der Waals surface area contributed by atoms with Crippen LogP contribution >= 0.6 is 11.6 Å². The van der Waals surface area contributed by atoms with Crippen LogP contribution in [0.25, 0.3) is 17.4 Å². The molecule has 1 aliphatic rings. The molecule has 1 amide bonds. The first kappa shape index (κ1) is 21.1. The number of rotatable bonds is 5. The maximum Gasteiger partial charge on any atom is 0.257 e. The van der Waals surface area contributed by atoms with Crippen LogP contribution in [-0.2, 0) is 19.4 Å². The van der Waals surface area contributed by atoms with Crippen LogP contribution in [0.1, 0.15) is 39.6 Å². The number of nitrogens with zero attached hydrogens (tertiary/aromatic N) is 6. The summed E-state index contributed by atoms with van der Waals surface area (Å²) < 4.78 is 7.18. The molecule has 1 aliphatic carbocycles. The first-order valence-electron chi connectivity index (χ1n) is 10.4. The van der Waals surface area contributed by atoms with Crippen LogP contribution in [0.3, 0.4) is 0 Å². The van der Waals surface area contributed by atoms with E-state index in [1.165, 1.54) is 15.8 Å². The highest BCUT2D eigenvalue weighted by molar-refractivity contribution is 6.30. The number of carbonyl (C=O) groups excluding carboxylic acids is 1. The number of hydrogen-bond acceptors (Lipinski definition) is 7. The van der Waals surface area contributed by atoms with Gasteiger partial charge in [-0.1, -0.05) is 11.6 Å². The lowest BCUT2D eigenvalue weighted by Gasteiger charge is -2.14. The molecule has 0 atom stereocenters. The van der Waals surface area contributed by atoms with Crippen molar-refractivity contribution in [3.63, 3.8) is 0 Å². The van der Waals surface area contributed by atoms with Crippen LogP contribution in [0.15, 0.2) is 39.7 Å². The van der Waals surface area contributed by atoms with Crippen LogP contribution in [0.5, 0.6) is 0 Å². The van der Waals surface area contributed by atoms with Gasteiger partial charge in [-0.25, -0.2) is 9.67 Å². The van der Waals surface area contributed by atoms with Gasteiger partial charge in [0.05, 0.1) is 29.7 Å². The van der Waals surface area contributed by atoms with Crippen molar-refractivity contribution in [3.05, 3.63) is 74.2 Å². The summed E-state index contributed by atoms with van der Waals surface area (Å²) in [5, 5.41) is 13.0. The lowest BCUT2D eigenvalue weighted by atomic mass is 10.2. The largest absolute Gasteiger partial charge is 0.419 e. The number of fused-ring (bicyclic) bond motifs is 1. The standard InChI is InChI=1S/C22H20ClN7O3/c1-12-16(10-24-30(12)22-25-17-5-3-4-15(17)19(31)26-22)21(32)29(2)11-18-27-28-20(33-18)13-6-8-14(23)9-7-13/h6-10H,3-5,11H2,1-2H3,(H,25,26,31). The third-order valence-corrected chi connectivity index (χ3v) is 5.90. The highest BCUT2D eigenvalue weighted by Gasteiger charge is 2.23. The van der Waals surface area contributed by atoms with Gasteiger partial charge in [-0.05, 0) is 50.5 Å². The molecule has 11 heteroatoms. The molecule has 0 saturated heterocycles. The molecule has 10 nitrogen and oxygen atoms in total. The van der Waals surface area contributed by atoms with Gasteiger partial charge in [0.1, 0.15) is 0 Å². The predicted octanol–water partition coefficient (Wildman–Crippen LogP) is 2.73. The zero-order valence-corrected chi connectivity index (χ0v) is 18.8. The average molecular weight is 466 g/mol. The smallest absolute Gasteiger partial charge is 0.257 e. The van der Waals surface area contributed by atoms with Gasteiger partial charge in [0.2, 0.25) is 17.7 Å². The van der Waals surface area contributed by atoms with E-state index in [1.807, 2.05) is 0 Å². The van der Waals surface area contributed by atoms with Gasteiger partial charge in [-0.3, -0.25) is 14.6 Å². The maximum absolute atomic E-state index is 13.1. The highest BCUT2D eigenvalue weighted by Crippen LogP contribution is 2.22. The Morgan fingerprint density at radius 2 is 2.03 bits per heavy atom. The summed E-state index contributed by atoms with van der Waals surface area (Å²) in [6.07, 6.45) is 3.88. The number of hydrogen-bond donors (Lipinski definition) is 1. The van der Waals surface area contributed by atoms with Crippen LogP contribution < -0.4 is 5.56 Å². The molecule has 1 N–H and O–H groups in total. The number of H-pyrrole nitrogens is 1. The Hall–Kier alpha value is -3.79. The van der Waals surface area contributed by atoms with Gasteiger partial charge < -0.3 is 9.32 Å². The molecule has 0 aliphatic heterocycles. The molecule has 168 valence electrons. The van der Waals surface area contributed by atoms with Crippen molar-refractivity contribution in [1.82, 2.24) is 34.8 Å². The maximum atomic E-state index is 13.1. The van der Waals surface area contributed by atoms with Gasteiger partial charge in [0.25, 0.3) is 11.5 Å². The second-order valence-electron chi connectivity index (χ2n) is 7.89. The van der Waals surface area contributed by atoms with E-state index in [-0.39, 0.29) is 18.0 Å². The second kappa shape index (κ2) is 8.28. The van der Waals surface area contributed by atoms with Gasteiger partial charge in [0.15, 0.2) is 0 Å². The Kier molecular flexibility index (Phi) is 5.29. The Morgan fingerprint density at radius 3 is 2.82 bits per heavy atom. The van der Waals surface area contributed by atoms with Crippen LogP contribution in [-0.4, -0.2) is 47.8 Å². The van der Waals surface area contributed by atoms with Crippen LogP contribution in [0.2, 0.25) is 5.02 Å². The van der Waals surface area contributed by atoms with Crippen LogP contribution in [0, 0.1) is 6.92 Å². The topological polar surface area (TPSA) is 123 Å². The third kappa shape index (κ3) is 3.93. The zero-order chi connectivity index (χ0) is 23.1. The van der Waals surface area contributed by atoms with E-state index >= 15 is 0 Å². The van der Waals surface area contributed by atoms with E-state index in [4.69, 9.17) is 16.0 Å². The van der Waals surface area contributed by atoms with Crippen LogP contribution in [0.4, 0.5) is 0 Å². The number of amides is 1. The summed E-state index contributed by atoms with van der Waals surface area (Å²) in [7, 11) is 1.64. The Bertz CT molecular complexity index is 1400. The highest BCUT2D eigenvalue weighted by atomic mass is 35.5. The minimum Gasteiger partial charge on any atom is -0.419 e. The summed E-state index contributed by atoms with van der Waals surface area (Å²) in [5.74, 6) is 0.682. The number of aryl methyl sites for hydroxylation is 1. The predicted molar refractivity (Wildman–Crippen MR) is 119 cm³/mol. The van der Waals surface area contributed by atoms with E-state index in [0.29, 0.717) is 34.0 Å². The molecule has 33 heavy (non-hydrogen) atoms. The molecular formula is C22H20ClN7O3. The van der Waals surface area contributed by atoms with Crippen molar-refractivity contribution in [2.45, 2.75) is 32.7 Å². The Balaban J connectivity index is 1.34. The van der Waals surface area contributed by atoms with Crippen molar-refractivity contribution in [1.29, 1.82) is 0 Å². The van der Waals surface area contributed by atoms with Crippen molar-refractivity contribution >= 4 is 17.5 Å². The number of carbonyl (C=O) groups is 1. The quantitative estimate of drug-likeness (QED) is 0.480. The first-order chi connectivity index (χ1) is 15.9. The number of nitrogens with one attached hydrogen (secondary N) is 1. The molecule has 3 heterocycles. The fourth-order valence-electron chi connectivity index (χ4n) is 3.87. The second-order valence-corrected chi connectivity index (χ2v) is 8.33. The number of benzene rings is 1. The molecule has 0 unspecified atom stereocenters. The van der Waals surface area contributed by atoms with Crippen molar-refractivity contribution in [3.8, 4) is 17.4 Å². The zero-order valence-electron chi connectivity index (χ0n) is 18.0. The minimum atomic E-state index is -0.270. The molecule has 0 fully saturated rings. The molecule has 4 aromatic rings. The van der Waals surface area contributed by atoms with Crippen molar-refractivity contribution < 1.29 is 9.21 Å². The van der Waals surface area contributed by atoms with E-state index in [2.05, 4.69) is 25.3 Å². The molecule has 0 bridgehead atoms. The van der Waals surface area contributed by atoms with Gasteiger partial charge in [-0.2, -0.15) is 5.10 Å². The van der Waals surface area contributed by atoms with Gasteiger partial charge in [-0.15, -0.1) is 10.2 Å². The lowest BCUT2D eigenvalue weighted by molar-refractivity contribution is 0.0772. The van der Waals surface area contributed by atoms with Crippen molar-refractivity contribution in [2.24, 2.45) is 0 Å². The molecule has 5 rings (SSSR count). The van der Waals surface area contributed by atoms with E-state index < -0.39 is 0 Å². The normalized spacial score (nSPS) is 12.7. The summed E-state index contributed by atoms with van der Waals surface area (Å²) >= 11 is 5.91. The van der Waals surface area contributed by atoms with E-state index in [0.717, 1.165) is 36.1 Å². The SMILES string of the molecule is Cc1c(C(=O)N(C)Cc2nnc(-c3ccc(Cl)cc3)o2)cnn1-c1nc2c(c(=O)[nH]1)CCC2. The summed E-state index contributed by atoms with van der Waals surface area (Å²) in [4.78, 5) is 34.2. The average Bonchev–Trinajstić information content (AvgIpc) is 3.54. The fraction of sp³-hybridized carbons (Fsp3) is 0.273. The number of aromatic nitrogens is 6. The Labute approximate surface area is 193 Å². The third-order valence-electron chi connectivity index (χ3n) is 5.65. The summed E-state index contributed by atoms with van der Waals surface area (Å²) in [6, 6.07) is 7.03. The molecule has 3 aromatic heterocycles. The number of aromatic amines is 1. The monoisotopic (exact) mass is 465 g/mol. The number of halogens is 1. The molecule has 0 saturated carbocycles. The molecular weight excluding hydrogens is 446 g/mol. The lowest BCUT2D eigenvalue weighted by Crippen LogP contribution is -2.27. The fourth-order valence-corrected chi connectivity index (χ4v) is 3.99. The summed E-state index contributed by atoms with van der Waals surface area (Å²) in [5.41, 5.74) is 3.07.